The van der Waals surface area contributed by atoms with Crippen molar-refractivity contribution in [3.05, 3.63) is 26.7 Å². The average molecular weight is 341 g/mol. The molecule has 0 spiro atoms. The maximum atomic E-state index is 6.04. The van der Waals surface area contributed by atoms with Gasteiger partial charge < -0.3 is 10.1 Å². The monoisotopic (exact) mass is 339 g/mol. The van der Waals surface area contributed by atoms with E-state index in [-0.39, 0.29) is 0 Å². The molecule has 1 aromatic rings. The van der Waals surface area contributed by atoms with Crippen LogP contribution in [0, 0.1) is 0 Å². The molecule has 0 fully saturated rings. The van der Waals surface area contributed by atoms with E-state index in [1.165, 1.54) is 0 Å². The lowest BCUT2D eigenvalue weighted by molar-refractivity contribution is 0.306. The van der Waals surface area contributed by atoms with Crippen molar-refractivity contribution in [2.45, 2.75) is 19.8 Å². The number of unbranched alkanes of at least 4 members (excludes halogenated alkanes) is 1. The molecule has 0 aromatic heterocycles. The van der Waals surface area contributed by atoms with Crippen LogP contribution in [0.25, 0.3) is 0 Å². The normalized spacial score (nSPS) is 10.6. The van der Waals surface area contributed by atoms with E-state index in [2.05, 4.69) is 28.2 Å². The number of nitrogens with one attached hydrogen (secondary N) is 1. The summed E-state index contributed by atoms with van der Waals surface area (Å²) in [5.74, 6) is 0.642. The molecule has 2 nitrogen and oxygen atoms in total. The van der Waals surface area contributed by atoms with E-state index in [0.29, 0.717) is 22.4 Å². The molecule has 0 aliphatic heterocycles. The molecule has 0 atom stereocenters. The maximum absolute atomic E-state index is 6.04. The molecule has 5 heteroatoms. The van der Waals surface area contributed by atoms with Gasteiger partial charge in [0.05, 0.1) is 16.7 Å². The summed E-state index contributed by atoms with van der Waals surface area (Å²) in [6, 6.07) is 3.48. The number of benzene rings is 1. The third-order valence-corrected chi connectivity index (χ3v) is 3.72. The van der Waals surface area contributed by atoms with Gasteiger partial charge in [0.15, 0.2) is 0 Å². The summed E-state index contributed by atoms with van der Waals surface area (Å²) in [5, 5.41) is 4.45. The number of hydrogen-bond acceptors (Lipinski definition) is 2. The lowest BCUT2D eigenvalue weighted by Gasteiger charge is -2.09. The SMILES string of the molecule is CCNCCCCOc1cc(Cl)c(Br)cc1Cl. The summed E-state index contributed by atoms with van der Waals surface area (Å²) in [5.41, 5.74) is 0. The highest BCUT2D eigenvalue weighted by molar-refractivity contribution is 9.10. The van der Waals surface area contributed by atoms with E-state index in [4.69, 9.17) is 27.9 Å². The molecule has 96 valence electrons. The zero-order valence-electron chi connectivity index (χ0n) is 9.73. The second kappa shape index (κ2) is 8.20. The standard InChI is InChI=1S/C12H16BrCl2NO/c1-2-16-5-3-4-6-17-12-8-10(14)9(13)7-11(12)15/h7-8,16H,2-6H2,1H3. The van der Waals surface area contributed by atoms with Crippen LogP contribution in [0.15, 0.2) is 16.6 Å². The van der Waals surface area contributed by atoms with Gasteiger partial charge in [-0.3, -0.25) is 0 Å². The van der Waals surface area contributed by atoms with E-state index in [1.54, 1.807) is 12.1 Å². The Morgan fingerprint density at radius 3 is 2.71 bits per heavy atom. The number of ether oxygens (including phenoxy) is 1. The van der Waals surface area contributed by atoms with Crippen LogP contribution in [-0.2, 0) is 0 Å². The summed E-state index contributed by atoms with van der Waals surface area (Å²) in [7, 11) is 0. The first-order chi connectivity index (χ1) is 8.15. The quantitative estimate of drug-likeness (QED) is 0.581. The van der Waals surface area contributed by atoms with Gasteiger partial charge in [-0.05, 0) is 47.9 Å². The minimum absolute atomic E-state index is 0.577. The fraction of sp³-hybridized carbons (Fsp3) is 0.500. The van der Waals surface area contributed by atoms with Crippen LogP contribution in [0.4, 0.5) is 0 Å². The second-order valence-corrected chi connectivity index (χ2v) is 5.27. The van der Waals surface area contributed by atoms with E-state index < -0.39 is 0 Å². The van der Waals surface area contributed by atoms with Gasteiger partial charge in [0, 0.05) is 10.5 Å². The van der Waals surface area contributed by atoms with Crippen LogP contribution < -0.4 is 10.1 Å². The van der Waals surface area contributed by atoms with Crippen molar-refractivity contribution in [1.82, 2.24) is 5.32 Å². The summed E-state index contributed by atoms with van der Waals surface area (Å²) < 4.78 is 6.37. The molecular weight excluding hydrogens is 325 g/mol. The van der Waals surface area contributed by atoms with Gasteiger partial charge >= 0.3 is 0 Å². The van der Waals surface area contributed by atoms with Crippen LogP contribution in [0.3, 0.4) is 0 Å². The fourth-order valence-electron chi connectivity index (χ4n) is 1.33. The Morgan fingerprint density at radius 2 is 2.00 bits per heavy atom. The van der Waals surface area contributed by atoms with Crippen LogP contribution in [0.5, 0.6) is 5.75 Å². The predicted molar refractivity (Wildman–Crippen MR) is 77.4 cm³/mol. The third-order valence-electron chi connectivity index (χ3n) is 2.23. The lowest BCUT2D eigenvalue weighted by Crippen LogP contribution is -2.14. The average Bonchev–Trinajstić information content (AvgIpc) is 2.30. The first kappa shape index (κ1) is 15.1. The highest BCUT2D eigenvalue weighted by Crippen LogP contribution is 2.34. The Morgan fingerprint density at radius 1 is 1.24 bits per heavy atom. The van der Waals surface area contributed by atoms with Gasteiger partial charge in [0.25, 0.3) is 0 Å². The van der Waals surface area contributed by atoms with Crippen molar-refractivity contribution in [2.24, 2.45) is 0 Å². The fourth-order valence-corrected chi connectivity index (χ4v) is 2.17. The first-order valence-electron chi connectivity index (χ1n) is 5.63. The summed E-state index contributed by atoms with van der Waals surface area (Å²) >= 11 is 15.3. The van der Waals surface area contributed by atoms with Crippen molar-refractivity contribution in [3.63, 3.8) is 0 Å². The summed E-state index contributed by atoms with van der Waals surface area (Å²) in [4.78, 5) is 0. The Balaban J connectivity index is 2.34. The van der Waals surface area contributed by atoms with Crippen molar-refractivity contribution in [3.8, 4) is 5.75 Å². The first-order valence-corrected chi connectivity index (χ1v) is 7.18. The highest BCUT2D eigenvalue weighted by atomic mass is 79.9. The number of halogens is 3. The van der Waals surface area contributed by atoms with E-state index >= 15 is 0 Å². The third kappa shape index (κ3) is 5.47. The van der Waals surface area contributed by atoms with Gasteiger partial charge in [-0.1, -0.05) is 30.1 Å². The lowest BCUT2D eigenvalue weighted by atomic mass is 10.3. The molecule has 17 heavy (non-hydrogen) atoms. The second-order valence-electron chi connectivity index (χ2n) is 3.61. The molecule has 1 rings (SSSR count). The van der Waals surface area contributed by atoms with Gasteiger partial charge in [-0.15, -0.1) is 0 Å². The molecule has 0 bridgehead atoms. The van der Waals surface area contributed by atoms with Crippen LogP contribution in [-0.4, -0.2) is 19.7 Å². The largest absolute Gasteiger partial charge is 0.492 e. The molecule has 0 aliphatic rings. The predicted octanol–water partition coefficient (Wildman–Crippen LogP) is 4.52. The Labute approximate surface area is 121 Å². The van der Waals surface area contributed by atoms with Gasteiger partial charge in [0.2, 0.25) is 0 Å². The molecule has 0 unspecified atom stereocenters. The van der Waals surface area contributed by atoms with Crippen molar-refractivity contribution >= 4 is 39.1 Å². The van der Waals surface area contributed by atoms with E-state index in [1.807, 2.05) is 0 Å². The van der Waals surface area contributed by atoms with Crippen molar-refractivity contribution < 1.29 is 4.74 Å². The molecule has 0 amide bonds. The minimum Gasteiger partial charge on any atom is -0.492 e. The summed E-state index contributed by atoms with van der Waals surface area (Å²) in [6.45, 7) is 4.78. The molecule has 0 radical (unpaired) electrons. The van der Waals surface area contributed by atoms with Gasteiger partial charge in [-0.25, -0.2) is 0 Å². The molecule has 0 saturated heterocycles. The van der Waals surface area contributed by atoms with Crippen LogP contribution in [0.1, 0.15) is 19.8 Å². The maximum Gasteiger partial charge on any atom is 0.139 e. The molecule has 1 aromatic carbocycles. The van der Waals surface area contributed by atoms with Crippen molar-refractivity contribution in [2.75, 3.05) is 19.7 Å². The number of rotatable bonds is 7. The summed E-state index contributed by atoms with van der Waals surface area (Å²) in [6.07, 6.45) is 2.09. The van der Waals surface area contributed by atoms with Crippen molar-refractivity contribution in [1.29, 1.82) is 0 Å². The minimum atomic E-state index is 0.577. The zero-order chi connectivity index (χ0) is 12.7. The highest BCUT2D eigenvalue weighted by Gasteiger charge is 2.06. The Hall–Kier alpha value is 0.0400. The topological polar surface area (TPSA) is 21.3 Å². The van der Waals surface area contributed by atoms with Crippen LogP contribution >= 0.6 is 39.1 Å². The smallest absolute Gasteiger partial charge is 0.139 e. The van der Waals surface area contributed by atoms with Crippen LogP contribution in [0.2, 0.25) is 10.0 Å². The Bertz CT molecular complexity index is 361. The van der Waals surface area contributed by atoms with E-state index in [9.17, 15) is 0 Å². The molecule has 0 aliphatic carbocycles. The van der Waals surface area contributed by atoms with E-state index in [0.717, 1.165) is 30.4 Å². The molecule has 0 heterocycles. The zero-order valence-corrected chi connectivity index (χ0v) is 12.8. The van der Waals surface area contributed by atoms with Gasteiger partial charge in [-0.2, -0.15) is 0 Å². The molecule has 1 N–H and O–H groups in total. The number of hydrogen-bond donors (Lipinski definition) is 1. The van der Waals surface area contributed by atoms with Gasteiger partial charge in [0.1, 0.15) is 5.75 Å². The Kier molecular flexibility index (Phi) is 7.28. The molecular formula is C12H16BrCl2NO. The molecule has 0 saturated carbocycles.